The second-order valence-electron chi connectivity index (χ2n) is 5.81. The van der Waals surface area contributed by atoms with Gasteiger partial charge < -0.3 is 9.67 Å². The van der Waals surface area contributed by atoms with E-state index in [1.807, 2.05) is 24.4 Å². The van der Waals surface area contributed by atoms with Crippen LogP contribution in [0.5, 0.6) is 0 Å². The van der Waals surface area contributed by atoms with Crippen LogP contribution in [-0.2, 0) is 17.8 Å². The number of rotatable bonds is 8. The summed E-state index contributed by atoms with van der Waals surface area (Å²) < 4.78 is 2.25. The lowest BCUT2D eigenvalue weighted by Gasteiger charge is -2.16. The van der Waals surface area contributed by atoms with Gasteiger partial charge in [-0.2, -0.15) is 0 Å². The fraction of sp³-hybridized carbons (Fsp3) is 0.500. The molecule has 0 radical (unpaired) electrons. The van der Waals surface area contributed by atoms with Gasteiger partial charge >= 0.3 is 5.97 Å². The standard InChI is InChI=1S/C18H25NO2/c1-3-5-8-14(4-2)12-19-13-15(11-18(20)21)16-9-6-7-10-17(16)19/h6-7,9-10,13-14H,3-5,8,11-12H2,1-2H3,(H,20,21). The number of hydrogen-bond acceptors (Lipinski definition) is 1. The predicted molar refractivity (Wildman–Crippen MR) is 86.6 cm³/mol. The molecule has 21 heavy (non-hydrogen) atoms. The zero-order chi connectivity index (χ0) is 15.2. The SMILES string of the molecule is CCCCC(CC)Cn1cc(CC(=O)O)c2ccccc21. The van der Waals surface area contributed by atoms with E-state index in [2.05, 4.69) is 24.5 Å². The summed E-state index contributed by atoms with van der Waals surface area (Å²) in [5.74, 6) is -0.102. The van der Waals surface area contributed by atoms with Gasteiger partial charge in [-0.25, -0.2) is 0 Å². The molecule has 0 saturated carbocycles. The molecule has 1 atom stereocenters. The van der Waals surface area contributed by atoms with E-state index in [-0.39, 0.29) is 6.42 Å². The highest BCUT2D eigenvalue weighted by Gasteiger charge is 2.13. The summed E-state index contributed by atoms with van der Waals surface area (Å²) >= 11 is 0. The highest BCUT2D eigenvalue weighted by Crippen LogP contribution is 2.25. The zero-order valence-corrected chi connectivity index (χ0v) is 13.0. The summed E-state index contributed by atoms with van der Waals surface area (Å²) in [5.41, 5.74) is 2.08. The van der Waals surface area contributed by atoms with Crippen molar-refractivity contribution in [3.63, 3.8) is 0 Å². The molecule has 0 aliphatic heterocycles. The number of aliphatic carboxylic acids is 1. The fourth-order valence-electron chi connectivity index (χ4n) is 2.97. The molecule has 3 nitrogen and oxygen atoms in total. The molecule has 1 N–H and O–H groups in total. The van der Waals surface area contributed by atoms with Gasteiger partial charge in [0.15, 0.2) is 0 Å². The van der Waals surface area contributed by atoms with Gasteiger partial charge in [0, 0.05) is 23.6 Å². The Hall–Kier alpha value is -1.77. The van der Waals surface area contributed by atoms with Crippen molar-refractivity contribution in [3.05, 3.63) is 36.0 Å². The second kappa shape index (κ2) is 7.30. The largest absolute Gasteiger partial charge is 0.481 e. The first-order valence-electron chi connectivity index (χ1n) is 7.94. The van der Waals surface area contributed by atoms with Crippen molar-refractivity contribution in [3.8, 4) is 0 Å². The van der Waals surface area contributed by atoms with Gasteiger partial charge in [-0.15, -0.1) is 0 Å². The van der Waals surface area contributed by atoms with E-state index in [1.54, 1.807) is 0 Å². The maximum absolute atomic E-state index is 11.0. The van der Waals surface area contributed by atoms with Crippen LogP contribution in [0.25, 0.3) is 10.9 Å². The van der Waals surface area contributed by atoms with Gasteiger partial charge in [0.05, 0.1) is 6.42 Å². The molecular weight excluding hydrogens is 262 g/mol. The van der Waals surface area contributed by atoms with Crippen LogP contribution in [0.2, 0.25) is 0 Å². The van der Waals surface area contributed by atoms with Crippen LogP contribution in [0.4, 0.5) is 0 Å². The van der Waals surface area contributed by atoms with Gasteiger partial charge in [0.25, 0.3) is 0 Å². The minimum atomic E-state index is -0.768. The Balaban J connectivity index is 2.28. The Bertz CT molecular complexity index is 600. The number of aromatic nitrogens is 1. The molecule has 0 aliphatic rings. The van der Waals surface area contributed by atoms with Crippen molar-refractivity contribution in [2.45, 2.75) is 52.5 Å². The first-order valence-corrected chi connectivity index (χ1v) is 7.94. The number of para-hydroxylation sites is 1. The first-order chi connectivity index (χ1) is 10.2. The summed E-state index contributed by atoms with van der Waals surface area (Å²) in [6, 6.07) is 8.12. The average molecular weight is 287 g/mol. The summed E-state index contributed by atoms with van der Waals surface area (Å²) in [5, 5.41) is 10.1. The molecule has 114 valence electrons. The molecule has 2 rings (SSSR count). The number of unbranched alkanes of at least 4 members (excludes halogenated alkanes) is 1. The molecular formula is C18H25NO2. The van der Waals surface area contributed by atoms with Crippen molar-refractivity contribution < 1.29 is 9.90 Å². The topological polar surface area (TPSA) is 42.2 Å². The zero-order valence-electron chi connectivity index (χ0n) is 13.0. The van der Waals surface area contributed by atoms with E-state index in [0.29, 0.717) is 5.92 Å². The van der Waals surface area contributed by atoms with Gasteiger partial charge in [0.2, 0.25) is 0 Å². The summed E-state index contributed by atoms with van der Waals surface area (Å²) in [6.07, 6.45) is 7.04. The Kier molecular flexibility index (Phi) is 5.43. The molecule has 1 aromatic carbocycles. The van der Waals surface area contributed by atoms with Gasteiger partial charge in [-0.1, -0.05) is 51.3 Å². The number of nitrogens with zero attached hydrogens (tertiary/aromatic N) is 1. The fourth-order valence-corrected chi connectivity index (χ4v) is 2.97. The molecule has 0 amide bonds. The lowest BCUT2D eigenvalue weighted by Crippen LogP contribution is -2.09. The molecule has 0 aliphatic carbocycles. The van der Waals surface area contributed by atoms with Crippen molar-refractivity contribution in [2.24, 2.45) is 5.92 Å². The monoisotopic (exact) mass is 287 g/mol. The van der Waals surface area contributed by atoms with Crippen LogP contribution in [-0.4, -0.2) is 15.6 Å². The number of fused-ring (bicyclic) bond motifs is 1. The second-order valence-corrected chi connectivity index (χ2v) is 5.81. The maximum atomic E-state index is 11.0. The highest BCUT2D eigenvalue weighted by molar-refractivity contribution is 5.87. The molecule has 0 spiro atoms. The van der Waals surface area contributed by atoms with Crippen molar-refractivity contribution in [1.29, 1.82) is 0 Å². The van der Waals surface area contributed by atoms with E-state index < -0.39 is 5.97 Å². The van der Waals surface area contributed by atoms with Gasteiger partial charge in [-0.05, 0) is 24.0 Å². The predicted octanol–water partition coefficient (Wildman–Crippen LogP) is 4.48. The molecule has 2 aromatic rings. The number of carboxylic acid groups (broad SMARTS) is 1. The van der Waals surface area contributed by atoms with Crippen LogP contribution >= 0.6 is 0 Å². The van der Waals surface area contributed by atoms with Crippen molar-refractivity contribution >= 4 is 16.9 Å². The smallest absolute Gasteiger partial charge is 0.307 e. The van der Waals surface area contributed by atoms with Crippen molar-refractivity contribution in [2.75, 3.05) is 0 Å². The Morgan fingerprint density at radius 1 is 1.29 bits per heavy atom. The molecule has 1 heterocycles. The third-order valence-corrected chi connectivity index (χ3v) is 4.21. The molecule has 1 unspecified atom stereocenters. The van der Waals surface area contributed by atoms with Crippen molar-refractivity contribution in [1.82, 2.24) is 4.57 Å². The maximum Gasteiger partial charge on any atom is 0.307 e. The molecule has 0 fully saturated rings. The summed E-state index contributed by atoms with van der Waals surface area (Å²) in [7, 11) is 0. The third kappa shape index (κ3) is 3.87. The van der Waals surface area contributed by atoms with Gasteiger partial charge in [-0.3, -0.25) is 4.79 Å². The van der Waals surface area contributed by atoms with Crippen LogP contribution in [0.3, 0.4) is 0 Å². The van der Waals surface area contributed by atoms with E-state index in [1.165, 1.54) is 25.7 Å². The average Bonchev–Trinajstić information content (AvgIpc) is 2.81. The van der Waals surface area contributed by atoms with Crippen LogP contribution in [0.1, 0.15) is 45.1 Å². The van der Waals surface area contributed by atoms with E-state index >= 15 is 0 Å². The number of hydrogen-bond donors (Lipinski definition) is 1. The van der Waals surface area contributed by atoms with Crippen LogP contribution in [0.15, 0.2) is 30.5 Å². The number of carboxylic acids is 1. The molecule has 0 bridgehead atoms. The van der Waals surface area contributed by atoms with Crippen LogP contribution in [0, 0.1) is 5.92 Å². The lowest BCUT2D eigenvalue weighted by molar-refractivity contribution is -0.136. The molecule has 1 aromatic heterocycles. The van der Waals surface area contributed by atoms with E-state index in [9.17, 15) is 4.79 Å². The molecule has 0 saturated heterocycles. The van der Waals surface area contributed by atoms with E-state index in [4.69, 9.17) is 5.11 Å². The lowest BCUT2D eigenvalue weighted by atomic mass is 9.99. The normalized spacial score (nSPS) is 12.7. The Morgan fingerprint density at radius 3 is 2.71 bits per heavy atom. The van der Waals surface area contributed by atoms with E-state index in [0.717, 1.165) is 23.0 Å². The Morgan fingerprint density at radius 2 is 2.05 bits per heavy atom. The number of carbonyl (C=O) groups is 1. The summed E-state index contributed by atoms with van der Waals surface area (Å²) in [4.78, 5) is 11.0. The minimum Gasteiger partial charge on any atom is -0.481 e. The minimum absolute atomic E-state index is 0.0965. The quantitative estimate of drug-likeness (QED) is 0.777. The Labute approximate surface area is 126 Å². The summed E-state index contributed by atoms with van der Waals surface area (Å²) in [6.45, 7) is 5.45. The van der Waals surface area contributed by atoms with Crippen LogP contribution < -0.4 is 0 Å². The third-order valence-electron chi connectivity index (χ3n) is 4.21. The molecule has 3 heteroatoms. The first kappa shape index (κ1) is 15.6. The number of benzene rings is 1. The van der Waals surface area contributed by atoms with Gasteiger partial charge in [0.1, 0.15) is 0 Å². The highest BCUT2D eigenvalue weighted by atomic mass is 16.4.